The van der Waals surface area contributed by atoms with Gasteiger partial charge in [0.2, 0.25) is 0 Å². The van der Waals surface area contributed by atoms with Gasteiger partial charge in [-0.3, -0.25) is 4.79 Å². The van der Waals surface area contributed by atoms with Crippen LogP contribution in [0.5, 0.6) is 0 Å². The van der Waals surface area contributed by atoms with E-state index in [9.17, 15) is 9.18 Å². The maximum absolute atomic E-state index is 13.4. The predicted octanol–water partition coefficient (Wildman–Crippen LogP) is 2.81. The molecule has 0 N–H and O–H groups in total. The van der Waals surface area contributed by atoms with Crippen molar-refractivity contribution in [3.8, 4) is 0 Å². The molecule has 2 unspecified atom stereocenters. The van der Waals surface area contributed by atoms with E-state index < -0.39 is 18.1 Å². The molecule has 0 saturated carbocycles. The summed E-state index contributed by atoms with van der Waals surface area (Å²) in [6.45, 7) is 0.181. The highest BCUT2D eigenvalue weighted by molar-refractivity contribution is 5.76. The molecule has 0 radical (unpaired) electrons. The van der Waals surface area contributed by atoms with Gasteiger partial charge in [0.05, 0.1) is 0 Å². The summed E-state index contributed by atoms with van der Waals surface area (Å²) < 4.78 is 18.5. The first kappa shape index (κ1) is 11.6. The Labute approximate surface area is 99.4 Å². The van der Waals surface area contributed by atoms with Gasteiger partial charge in [-0.25, -0.2) is 4.39 Å². The Morgan fingerprint density at radius 3 is 2.59 bits per heavy atom. The molecule has 1 aromatic rings. The molecule has 1 aliphatic carbocycles. The molecular formula is C14H13FO2. The first-order valence-corrected chi connectivity index (χ1v) is 5.47. The predicted molar refractivity (Wildman–Crippen MR) is 62.9 cm³/mol. The van der Waals surface area contributed by atoms with Crippen molar-refractivity contribution in [3.05, 3.63) is 60.2 Å². The van der Waals surface area contributed by atoms with E-state index in [0.717, 1.165) is 5.56 Å². The Hall–Kier alpha value is -1.90. The second-order valence-corrected chi connectivity index (χ2v) is 3.83. The first-order chi connectivity index (χ1) is 8.27. The molecule has 2 atom stereocenters. The maximum atomic E-state index is 13.4. The van der Waals surface area contributed by atoms with E-state index in [1.165, 1.54) is 12.2 Å². The van der Waals surface area contributed by atoms with Crippen LogP contribution >= 0.6 is 0 Å². The van der Waals surface area contributed by atoms with Crippen LogP contribution < -0.4 is 0 Å². The lowest BCUT2D eigenvalue weighted by Crippen LogP contribution is -2.25. The maximum Gasteiger partial charge on any atom is 0.316 e. The largest absolute Gasteiger partial charge is 0.460 e. The Balaban J connectivity index is 1.90. The van der Waals surface area contributed by atoms with Crippen molar-refractivity contribution < 1.29 is 13.9 Å². The number of carbonyl (C=O) groups excluding carboxylic acids is 1. The molecule has 1 aliphatic rings. The Bertz CT molecular complexity index is 437. The third-order valence-corrected chi connectivity index (χ3v) is 2.56. The van der Waals surface area contributed by atoms with Crippen molar-refractivity contribution in [2.24, 2.45) is 5.92 Å². The number of carbonyl (C=O) groups is 1. The number of hydrogen-bond acceptors (Lipinski definition) is 2. The fourth-order valence-corrected chi connectivity index (χ4v) is 1.61. The van der Waals surface area contributed by atoms with Crippen LogP contribution in [0.3, 0.4) is 0 Å². The van der Waals surface area contributed by atoms with Crippen molar-refractivity contribution in [2.75, 3.05) is 0 Å². The summed E-state index contributed by atoms with van der Waals surface area (Å²) in [5.74, 6) is -1.34. The van der Waals surface area contributed by atoms with Gasteiger partial charge in [-0.1, -0.05) is 48.6 Å². The molecule has 3 heteroatoms. The van der Waals surface area contributed by atoms with Crippen LogP contribution in [-0.4, -0.2) is 12.1 Å². The number of rotatable bonds is 3. The highest BCUT2D eigenvalue weighted by Gasteiger charge is 2.26. The van der Waals surface area contributed by atoms with Crippen LogP contribution in [0.15, 0.2) is 54.6 Å². The van der Waals surface area contributed by atoms with Crippen molar-refractivity contribution in [3.63, 3.8) is 0 Å². The van der Waals surface area contributed by atoms with Crippen molar-refractivity contribution in [1.82, 2.24) is 0 Å². The molecular weight excluding hydrogens is 219 g/mol. The second-order valence-electron chi connectivity index (χ2n) is 3.83. The molecule has 0 bridgehead atoms. The van der Waals surface area contributed by atoms with Crippen LogP contribution in [0.4, 0.5) is 4.39 Å². The highest BCUT2D eigenvalue weighted by Crippen LogP contribution is 2.18. The van der Waals surface area contributed by atoms with E-state index in [2.05, 4.69) is 0 Å². The van der Waals surface area contributed by atoms with Gasteiger partial charge in [-0.2, -0.15) is 0 Å². The number of esters is 1. The number of alkyl halides is 1. The molecule has 1 aromatic carbocycles. The Morgan fingerprint density at radius 1 is 1.18 bits per heavy atom. The number of allylic oxidation sites excluding steroid dienone is 3. The van der Waals surface area contributed by atoms with Gasteiger partial charge in [-0.15, -0.1) is 0 Å². The van der Waals surface area contributed by atoms with Crippen LogP contribution in [0.2, 0.25) is 0 Å². The lowest BCUT2D eigenvalue weighted by molar-refractivity contribution is -0.149. The SMILES string of the molecule is O=C(OCc1ccccc1)C1C=CC=CC1F. The molecule has 0 fully saturated rings. The molecule has 88 valence electrons. The smallest absolute Gasteiger partial charge is 0.316 e. The summed E-state index contributed by atoms with van der Waals surface area (Å²) in [5.41, 5.74) is 0.895. The molecule has 0 aliphatic heterocycles. The van der Waals surface area contributed by atoms with E-state index in [-0.39, 0.29) is 6.61 Å². The van der Waals surface area contributed by atoms with Crippen LogP contribution in [-0.2, 0) is 16.1 Å². The molecule has 0 saturated heterocycles. The number of hydrogen-bond donors (Lipinski definition) is 0. The van der Waals surface area contributed by atoms with Crippen molar-refractivity contribution in [1.29, 1.82) is 0 Å². The summed E-state index contributed by atoms with van der Waals surface area (Å²) in [4.78, 5) is 11.6. The van der Waals surface area contributed by atoms with Crippen LogP contribution in [0.25, 0.3) is 0 Å². The van der Waals surface area contributed by atoms with Crippen LogP contribution in [0, 0.1) is 5.92 Å². The van der Waals surface area contributed by atoms with Gasteiger partial charge in [-0.05, 0) is 11.6 Å². The third-order valence-electron chi connectivity index (χ3n) is 2.56. The second kappa shape index (κ2) is 5.43. The summed E-state index contributed by atoms with van der Waals surface area (Å²) in [6.07, 6.45) is 4.84. The fraction of sp³-hybridized carbons (Fsp3) is 0.214. The molecule has 0 heterocycles. The van der Waals surface area contributed by atoms with E-state index >= 15 is 0 Å². The fourth-order valence-electron chi connectivity index (χ4n) is 1.61. The minimum Gasteiger partial charge on any atom is -0.460 e. The van der Waals surface area contributed by atoms with Gasteiger partial charge in [0.1, 0.15) is 18.7 Å². The lowest BCUT2D eigenvalue weighted by atomic mass is 9.99. The summed E-state index contributed by atoms with van der Waals surface area (Å²) in [6, 6.07) is 9.33. The van der Waals surface area contributed by atoms with E-state index in [4.69, 9.17) is 4.74 Å². The van der Waals surface area contributed by atoms with E-state index in [0.29, 0.717) is 0 Å². The number of halogens is 1. The topological polar surface area (TPSA) is 26.3 Å². The minimum atomic E-state index is -1.29. The lowest BCUT2D eigenvalue weighted by Gasteiger charge is -2.16. The average molecular weight is 232 g/mol. The quantitative estimate of drug-likeness (QED) is 0.749. The third kappa shape index (κ3) is 3.03. The molecule has 0 amide bonds. The monoisotopic (exact) mass is 232 g/mol. The number of benzene rings is 1. The molecule has 2 nitrogen and oxygen atoms in total. The number of ether oxygens (including phenoxy) is 1. The normalized spacial score (nSPS) is 22.4. The molecule has 0 spiro atoms. The molecule has 0 aromatic heterocycles. The summed E-state index contributed by atoms with van der Waals surface area (Å²) >= 11 is 0. The first-order valence-electron chi connectivity index (χ1n) is 5.47. The van der Waals surface area contributed by atoms with Crippen molar-refractivity contribution >= 4 is 5.97 Å². The van der Waals surface area contributed by atoms with Gasteiger partial charge in [0.25, 0.3) is 0 Å². The van der Waals surface area contributed by atoms with Crippen molar-refractivity contribution in [2.45, 2.75) is 12.8 Å². The minimum absolute atomic E-state index is 0.181. The van der Waals surface area contributed by atoms with Gasteiger partial charge < -0.3 is 4.74 Å². The van der Waals surface area contributed by atoms with Gasteiger partial charge >= 0.3 is 5.97 Å². The summed E-state index contributed by atoms with van der Waals surface area (Å²) in [7, 11) is 0. The Morgan fingerprint density at radius 2 is 1.88 bits per heavy atom. The van der Waals surface area contributed by atoms with Crippen LogP contribution in [0.1, 0.15) is 5.56 Å². The summed E-state index contributed by atoms with van der Waals surface area (Å²) in [5, 5.41) is 0. The molecule has 2 rings (SSSR count). The Kier molecular flexibility index (Phi) is 3.70. The molecule has 17 heavy (non-hydrogen) atoms. The zero-order valence-corrected chi connectivity index (χ0v) is 9.25. The van der Waals surface area contributed by atoms with E-state index in [1.807, 2.05) is 30.3 Å². The van der Waals surface area contributed by atoms with Gasteiger partial charge in [0.15, 0.2) is 0 Å². The highest BCUT2D eigenvalue weighted by atomic mass is 19.1. The van der Waals surface area contributed by atoms with E-state index in [1.54, 1.807) is 12.2 Å². The zero-order chi connectivity index (χ0) is 12.1. The standard InChI is InChI=1S/C14H13FO2/c15-13-9-5-4-8-12(13)14(16)17-10-11-6-2-1-3-7-11/h1-9,12-13H,10H2. The average Bonchev–Trinajstić information content (AvgIpc) is 2.38. The zero-order valence-electron chi connectivity index (χ0n) is 9.25. The van der Waals surface area contributed by atoms with Gasteiger partial charge in [0, 0.05) is 0 Å².